The molecule has 5 heteroatoms. The number of amidine groups is 1. The Kier molecular flexibility index (Phi) is 5.44. The molecule has 228 valence electrons. The minimum Gasteiger partial charge on any atom is -0.298 e. The Morgan fingerprint density at radius 2 is 1.37 bits per heavy atom. The van der Waals surface area contributed by atoms with Crippen LogP contribution >= 0.6 is 0 Å². The van der Waals surface area contributed by atoms with Crippen molar-refractivity contribution in [3.05, 3.63) is 163 Å². The standard InChI is InChI=1S/C44H27N5/c1-2-10-31-30(9-1)25-34-38(31)39(34)41-32-11-3-6-14-36(32)46-44(48-41)29-22-18-27(19-23-29)26-16-20-28(21-17-26)40-43-42(33-12-4-5-13-35(33)45-40)47-37-15-7-8-24-49(37)43/h1-25,32,41H. The van der Waals surface area contributed by atoms with Crippen molar-refractivity contribution in [3.63, 3.8) is 0 Å². The molecular weight excluding hydrogens is 599 g/mol. The average molecular weight is 626 g/mol. The molecule has 3 aromatic heterocycles. The molecule has 49 heavy (non-hydrogen) atoms. The van der Waals surface area contributed by atoms with Crippen LogP contribution in [0.2, 0.25) is 0 Å². The number of benzene rings is 5. The molecule has 0 saturated heterocycles. The van der Waals surface area contributed by atoms with E-state index in [-0.39, 0.29) is 12.0 Å². The first-order valence-corrected chi connectivity index (χ1v) is 16.7. The lowest BCUT2D eigenvalue weighted by atomic mass is 9.87. The van der Waals surface area contributed by atoms with Gasteiger partial charge < -0.3 is 0 Å². The van der Waals surface area contributed by atoms with E-state index in [4.69, 9.17) is 20.0 Å². The Bertz CT molecular complexity index is 2820. The van der Waals surface area contributed by atoms with Gasteiger partial charge in [-0.1, -0.05) is 115 Å². The van der Waals surface area contributed by atoms with Gasteiger partial charge in [-0.2, -0.15) is 0 Å². The van der Waals surface area contributed by atoms with Gasteiger partial charge in [-0.3, -0.25) is 9.39 Å². The highest BCUT2D eigenvalue weighted by molar-refractivity contribution is 6.17. The third kappa shape index (κ3) is 3.99. The predicted molar refractivity (Wildman–Crippen MR) is 200 cm³/mol. The summed E-state index contributed by atoms with van der Waals surface area (Å²) in [5, 5.41) is 3.70. The molecule has 0 radical (unpaired) electrons. The minimum absolute atomic E-state index is 0.0358. The Morgan fingerprint density at radius 1 is 0.633 bits per heavy atom. The van der Waals surface area contributed by atoms with Gasteiger partial charge in [0.2, 0.25) is 0 Å². The second kappa shape index (κ2) is 10.0. The molecule has 4 heterocycles. The van der Waals surface area contributed by atoms with Gasteiger partial charge in [-0.05, 0) is 68.9 Å². The number of imidazole rings is 1. The molecule has 7 aromatic rings. The molecule has 5 nitrogen and oxygen atoms in total. The maximum atomic E-state index is 5.30. The van der Waals surface area contributed by atoms with Crippen molar-refractivity contribution in [3.8, 4) is 33.5 Å². The van der Waals surface area contributed by atoms with Crippen LogP contribution in [0.4, 0.5) is 0 Å². The summed E-state index contributed by atoms with van der Waals surface area (Å²) >= 11 is 0. The van der Waals surface area contributed by atoms with Crippen LogP contribution in [-0.4, -0.2) is 25.9 Å². The number of rotatable bonds is 4. The van der Waals surface area contributed by atoms with E-state index >= 15 is 0 Å². The summed E-state index contributed by atoms with van der Waals surface area (Å²) in [6.07, 6.45) is 10.7. The summed E-state index contributed by atoms with van der Waals surface area (Å²) in [7, 11) is 0. The zero-order chi connectivity index (χ0) is 32.1. The molecule has 1 aliphatic heterocycles. The summed E-state index contributed by atoms with van der Waals surface area (Å²) in [4.78, 5) is 20.5. The number of aliphatic imine (C=N–C) groups is 2. The lowest BCUT2D eigenvalue weighted by molar-refractivity contribution is 0.655. The largest absolute Gasteiger partial charge is 0.298 e. The molecule has 4 aromatic carbocycles. The molecule has 4 aliphatic rings. The van der Waals surface area contributed by atoms with E-state index in [0.29, 0.717) is 0 Å². The minimum atomic E-state index is 0.0358. The highest BCUT2D eigenvalue weighted by Crippen LogP contribution is 2.56. The first-order valence-electron chi connectivity index (χ1n) is 16.7. The van der Waals surface area contributed by atoms with Gasteiger partial charge in [0, 0.05) is 28.6 Å². The van der Waals surface area contributed by atoms with Crippen LogP contribution in [0.3, 0.4) is 0 Å². The van der Waals surface area contributed by atoms with Crippen LogP contribution in [0.15, 0.2) is 162 Å². The van der Waals surface area contributed by atoms with Crippen LogP contribution in [0.25, 0.3) is 71.9 Å². The van der Waals surface area contributed by atoms with Crippen LogP contribution in [0.1, 0.15) is 17.2 Å². The van der Waals surface area contributed by atoms with Crippen molar-refractivity contribution in [2.75, 3.05) is 0 Å². The molecular formula is C44H27N5. The summed E-state index contributed by atoms with van der Waals surface area (Å²) < 4.78 is 2.14. The van der Waals surface area contributed by atoms with Crippen LogP contribution in [-0.2, 0) is 0 Å². The third-order valence-electron chi connectivity index (χ3n) is 10.2. The van der Waals surface area contributed by atoms with Crippen LogP contribution in [0.5, 0.6) is 0 Å². The maximum absolute atomic E-state index is 5.30. The van der Waals surface area contributed by atoms with E-state index in [9.17, 15) is 0 Å². The van der Waals surface area contributed by atoms with Gasteiger partial charge >= 0.3 is 0 Å². The Hall–Kier alpha value is -6.46. The number of pyridine rings is 2. The van der Waals surface area contributed by atoms with Crippen LogP contribution in [0, 0.1) is 5.92 Å². The Morgan fingerprint density at radius 3 is 2.22 bits per heavy atom. The molecule has 11 rings (SSSR count). The molecule has 2 atom stereocenters. The summed E-state index contributed by atoms with van der Waals surface area (Å²) in [6.45, 7) is 0. The number of hydrogen-bond acceptors (Lipinski definition) is 4. The Balaban J connectivity index is 0.942. The number of aromatic nitrogens is 3. The number of allylic oxidation sites excluding steroid dienone is 3. The van der Waals surface area contributed by atoms with E-state index < -0.39 is 0 Å². The zero-order valence-corrected chi connectivity index (χ0v) is 26.3. The molecule has 0 saturated carbocycles. The van der Waals surface area contributed by atoms with Gasteiger partial charge in [0.25, 0.3) is 0 Å². The number of nitrogens with zero attached hydrogens (tertiary/aromatic N) is 5. The van der Waals surface area contributed by atoms with Crippen molar-refractivity contribution in [1.82, 2.24) is 14.4 Å². The Labute approximate surface area is 282 Å². The molecule has 0 spiro atoms. The van der Waals surface area contributed by atoms with Crippen LogP contribution < -0.4 is 0 Å². The molecule has 0 bridgehead atoms. The van der Waals surface area contributed by atoms with E-state index in [1.165, 1.54) is 27.5 Å². The van der Waals surface area contributed by atoms with Gasteiger partial charge in [-0.25, -0.2) is 15.0 Å². The molecule has 3 aliphatic carbocycles. The van der Waals surface area contributed by atoms with E-state index in [1.807, 2.05) is 30.3 Å². The topological polar surface area (TPSA) is 54.9 Å². The first-order chi connectivity index (χ1) is 24.3. The van der Waals surface area contributed by atoms with Crippen molar-refractivity contribution in [1.29, 1.82) is 0 Å². The number of para-hydroxylation sites is 1. The molecule has 2 unspecified atom stereocenters. The highest BCUT2D eigenvalue weighted by Gasteiger charge is 2.40. The second-order valence-corrected chi connectivity index (χ2v) is 13.0. The molecule has 0 amide bonds. The van der Waals surface area contributed by atoms with Crippen molar-refractivity contribution >= 4 is 49.9 Å². The zero-order valence-electron chi connectivity index (χ0n) is 26.3. The van der Waals surface area contributed by atoms with Crippen molar-refractivity contribution in [2.24, 2.45) is 15.9 Å². The maximum Gasteiger partial charge on any atom is 0.155 e. The monoisotopic (exact) mass is 625 g/mol. The van der Waals surface area contributed by atoms with E-state index in [1.54, 1.807) is 0 Å². The van der Waals surface area contributed by atoms with E-state index in [2.05, 4.69) is 126 Å². The van der Waals surface area contributed by atoms with Gasteiger partial charge in [0.05, 0.1) is 28.5 Å². The lowest BCUT2D eigenvalue weighted by Crippen LogP contribution is -2.25. The normalized spacial score (nSPS) is 17.5. The van der Waals surface area contributed by atoms with Gasteiger partial charge in [-0.15, -0.1) is 0 Å². The fraction of sp³-hybridized carbons (Fsp3) is 0.0455. The fourth-order valence-corrected chi connectivity index (χ4v) is 7.83. The fourth-order valence-electron chi connectivity index (χ4n) is 7.83. The first kappa shape index (κ1) is 26.6. The summed E-state index contributed by atoms with van der Waals surface area (Å²) in [5.74, 6) is 0.955. The highest BCUT2D eigenvalue weighted by atomic mass is 15.0. The third-order valence-corrected chi connectivity index (χ3v) is 10.2. The summed E-state index contributed by atoms with van der Waals surface area (Å²) in [5.41, 5.74) is 14.3. The predicted octanol–water partition coefficient (Wildman–Crippen LogP) is 10.2. The second-order valence-electron chi connectivity index (χ2n) is 13.0. The average Bonchev–Trinajstić information content (AvgIpc) is 3.51. The van der Waals surface area contributed by atoms with Crippen molar-refractivity contribution in [2.45, 2.75) is 6.04 Å². The number of fused-ring (bicyclic) bond motifs is 9. The van der Waals surface area contributed by atoms with E-state index in [0.717, 1.165) is 67.1 Å². The quantitative estimate of drug-likeness (QED) is 0.195. The lowest BCUT2D eigenvalue weighted by Gasteiger charge is -2.26. The smallest absolute Gasteiger partial charge is 0.155 e. The molecule has 0 fully saturated rings. The van der Waals surface area contributed by atoms with Gasteiger partial charge in [0.1, 0.15) is 11.2 Å². The number of hydrogen-bond donors (Lipinski definition) is 0. The SMILES string of the molecule is C1=CC2=NC(c3ccc(-c4ccc(-c5nc6ccccc6c6nc7ccccn7c56)cc4)cc3)=NC(c3c4cc5ccccc5c3-4)C2C=C1. The summed E-state index contributed by atoms with van der Waals surface area (Å²) in [6, 6.07) is 42.7. The van der Waals surface area contributed by atoms with Gasteiger partial charge in [0.15, 0.2) is 5.84 Å². The van der Waals surface area contributed by atoms with Crippen molar-refractivity contribution < 1.29 is 0 Å². The molecule has 0 N–H and O–H groups in total.